The van der Waals surface area contributed by atoms with Gasteiger partial charge in [0.25, 0.3) is 5.91 Å². The van der Waals surface area contributed by atoms with Crippen LogP contribution in [0.3, 0.4) is 0 Å². The quantitative estimate of drug-likeness (QED) is 0.0797. The zero-order valence-corrected chi connectivity index (χ0v) is 41.1. The molecule has 2 heterocycles. The second-order valence-corrected chi connectivity index (χ2v) is 18.7. The molecular weight excluding hydrogens is 879 g/mol. The van der Waals surface area contributed by atoms with Crippen LogP contribution in [0.1, 0.15) is 104 Å². The van der Waals surface area contributed by atoms with Gasteiger partial charge in [-0.05, 0) is 99.5 Å². The zero-order chi connectivity index (χ0) is 50.8. The highest BCUT2D eigenvalue weighted by atomic mass is 16.5. The number of carbonyl (C=O) groups excluding carboxylic acids is 5. The first kappa shape index (κ1) is 53.0. The zero-order valence-electron chi connectivity index (χ0n) is 41.1. The van der Waals surface area contributed by atoms with Crippen LogP contribution in [0, 0.1) is 25.2 Å². The molecule has 4 bridgehead atoms. The van der Waals surface area contributed by atoms with Gasteiger partial charge in [0.15, 0.2) is 0 Å². The number of fused-ring (bicyclic) bond motifs is 5. The number of benzene rings is 3. The van der Waals surface area contributed by atoms with Gasteiger partial charge >= 0.3 is 0 Å². The van der Waals surface area contributed by atoms with E-state index in [0.717, 1.165) is 5.56 Å². The van der Waals surface area contributed by atoms with Crippen molar-refractivity contribution in [2.45, 2.75) is 103 Å². The van der Waals surface area contributed by atoms with Gasteiger partial charge in [0.05, 0.1) is 23.0 Å². The third kappa shape index (κ3) is 12.6. The molecule has 69 heavy (non-hydrogen) atoms. The minimum absolute atomic E-state index is 0.000170. The lowest BCUT2D eigenvalue weighted by molar-refractivity contribution is -0.141. The number of hydrogen-bond donors (Lipinski definition) is 7. The molecule has 0 radical (unpaired) electrons. The standard InChI is InChI=1S/C51H67N11O7/c1-29-42(30(2)59-49(58-29)51(7,8)35-14-12-34(13-15-35)50(4,5)6)46(65)60-38(18-19-52)48(67)62(9)43-33-11-17-41(69-25-22-55)37(28-33)36-26-32(10-16-40(36)68-24-21-54)27-39(45(64)56-23-20-53)61-44(63)31(3)57-47(43)66/h10-17,26,28,31,38-39,43H,18-19,21-25,27,52,54-55H2,1-9H3,(H,56,64)(H,57,66)(H,60,65)(H,61,63). The molecule has 10 N–H and O–H groups in total. The molecule has 0 aliphatic carbocycles. The molecule has 0 saturated carbocycles. The second kappa shape index (κ2) is 22.9. The smallest absolute Gasteiger partial charge is 0.255 e. The fourth-order valence-corrected chi connectivity index (χ4v) is 8.20. The predicted molar refractivity (Wildman–Crippen MR) is 262 cm³/mol. The van der Waals surface area contributed by atoms with E-state index in [2.05, 4.69) is 66.3 Å². The van der Waals surface area contributed by atoms with E-state index >= 15 is 0 Å². The molecule has 4 unspecified atom stereocenters. The lowest BCUT2D eigenvalue weighted by Crippen LogP contribution is -2.56. The van der Waals surface area contributed by atoms with Gasteiger partial charge in [0.1, 0.15) is 61.2 Å². The summed E-state index contributed by atoms with van der Waals surface area (Å²) in [6.45, 7) is 15.8. The largest absolute Gasteiger partial charge is 0.492 e. The topological polar surface area (TPSA) is 283 Å². The van der Waals surface area contributed by atoms with E-state index in [1.807, 2.05) is 19.9 Å². The third-order valence-electron chi connectivity index (χ3n) is 12.1. The first-order chi connectivity index (χ1) is 32.7. The van der Waals surface area contributed by atoms with E-state index in [0.29, 0.717) is 51.0 Å². The second-order valence-electron chi connectivity index (χ2n) is 18.7. The molecule has 4 atom stereocenters. The van der Waals surface area contributed by atoms with Crippen molar-refractivity contribution in [3.8, 4) is 28.7 Å². The number of nitrogens with two attached hydrogens (primary N) is 3. The normalized spacial score (nSPS) is 16.7. The molecule has 3 aromatic carbocycles. The van der Waals surface area contributed by atoms with E-state index in [1.165, 1.54) is 24.4 Å². The first-order valence-corrected chi connectivity index (χ1v) is 23.1. The maximum absolute atomic E-state index is 14.8. The van der Waals surface area contributed by atoms with Crippen LogP contribution in [0.15, 0.2) is 60.7 Å². The van der Waals surface area contributed by atoms with Gasteiger partial charge in [0.2, 0.25) is 23.6 Å². The molecule has 4 aromatic rings. The number of hydrogen-bond acceptors (Lipinski definition) is 13. The van der Waals surface area contributed by atoms with Gasteiger partial charge in [0, 0.05) is 43.1 Å². The van der Waals surface area contributed by atoms with E-state index in [1.54, 1.807) is 50.2 Å². The molecule has 0 spiro atoms. The molecule has 5 amide bonds. The van der Waals surface area contributed by atoms with Crippen molar-refractivity contribution >= 4 is 29.5 Å². The molecule has 0 saturated heterocycles. The fraction of sp³-hybridized carbons (Fsp3) is 0.451. The van der Waals surface area contributed by atoms with Gasteiger partial charge < -0.3 is 52.8 Å². The maximum Gasteiger partial charge on any atom is 0.255 e. The number of rotatable bonds is 16. The summed E-state index contributed by atoms with van der Waals surface area (Å²) in [5.74, 6) is -2.05. The minimum atomic E-state index is -1.41. The van der Waals surface area contributed by atoms with Crippen LogP contribution in [0.25, 0.3) is 11.1 Å². The fourth-order valence-electron chi connectivity index (χ4n) is 8.20. The highest BCUT2D eigenvalue weighted by Gasteiger charge is 2.37. The minimum Gasteiger partial charge on any atom is -0.492 e. The van der Waals surface area contributed by atoms with E-state index in [9.17, 15) is 29.2 Å². The highest BCUT2D eigenvalue weighted by molar-refractivity contribution is 6.00. The monoisotopic (exact) mass is 946 g/mol. The summed E-state index contributed by atoms with van der Waals surface area (Å²) < 4.78 is 12.2. The summed E-state index contributed by atoms with van der Waals surface area (Å²) in [6.07, 6.45) is -0.00212. The summed E-state index contributed by atoms with van der Waals surface area (Å²) >= 11 is 0. The van der Waals surface area contributed by atoms with E-state index in [-0.39, 0.29) is 63.2 Å². The number of nitrogens with zero attached hydrogens (tertiary/aromatic N) is 4. The van der Waals surface area contributed by atoms with Crippen LogP contribution >= 0.6 is 0 Å². The van der Waals surface area contributed by atoms with Crippen molar-refractivity contribution in [3.63, 3.8) is 0 Å². The molecule has 18 nitrogen and oxygen atoms in total. The average molecular weight is 946 g/mol. The van der Waals surface area contributed by atoms with Crippen LogP contribution in [0.5, 0.6) is 11.5 Å². The van der Waals surface area contributed by atoms with Crippen molar-refractivity contribution in [3.05, 3.63) is 106 Å². The summed E-state index contributed by atoms with van der Waals surface area (Å²) in [7, 11) is 1.42. The van der Waals surface area contributed by atoms with Crippen molar-refractivity contribution in [2.24, 2.45) is 17.2 Å². The maximum atomic E-state index is 14.8. The Morgan fingerprint density at radius 1 is 0.841 bits per heavy atom. The Morgan fingerprint density at radius 2 is 1.42 bits per heavy atom. The van der Waals surface area contributed by atoms with Crippen LogP contribution in [0.4, 0.5) is 0 Å². The van der Waals surface area contributed by atoms with Gasteiger partial charge in [-0.1, -0.05) is 57.2 Å². The molecule has 1 aliphatic heterocycles. The molecule has 0 fully saturated rings. The Bertz CT molecular complexity index is 2550. The van der Waals surface area contributed by atoms with Gasteiger partial charge in [-0.3, -0.25) is 24.0 Å². The summed E-state index contributed by atoms with van der Waals surface area (Å²) in [5, 5.41) is 20.0. The predicted octanol–water partition coefficient (Wildman–Crippen LogP) is 2.89. The van der Waals surface area contributed by atoms with Crippen molar-refractivity contribution < 1.29 is 33.4 Å². The Kier molecular flexibility index (Phi) is 17.6. The Labute approximate surface area is 404 Å². The number of ether oxygens (including phenoxy) is 2. The van der Waals surface area contributed by atoms with Crippen molar-refractivity contribution in [2.75, 3.05) is 46.4 Å². The molecule has 368 valence electrons. The lowest BCUT2D eigenvalue weighted by atomic mass is 9.80. The summed E-state index contributed by atoms with van der Waals surface area (Å²) in [4.78, 5) is 81.7. The van der Waals surface area contributed by atoms with Crippen LogP contribution in [-0.2, 0) is 36.4 Å². The van der Waals surface area contributed by atoms with Gasteiger partial charge in [-0.2, -0.15) is 5.26 Å². The number of nitriles is 1. The van der Waals surface area contributed by atoms with E-state index < -0.39 is 59.1 Å². The highest BCUT2D eigenvalue weighted by Crippen LogP contribution is 2.40. The molecule has 5 rings (SSSR count). The number of likely N-dealkylation sites (N-methyl/N-ethyl adjacent to an activating group) is 1. The van der Waals surface area contributed by atoms with Crippen LogP contribution in [0.2, 0.25) is 0 Å². The molecule has 18 heteroatoms. The molecule has 1 aromatic heterocycles. The van der Waals surface area contributed by atoms with Crippen LogP contribution < -0.4 is 47.9 Å². The average Bonchev–Trinajstić information content (AvgIpc) is 3.30. The number of aromatic nitrogens is 2. The van der Waals surface area contributed by atoms with Gasteiger partial charge in [-0.25, -0.2) is 9.97 Å². The Balaban J connectivity index is 1.56. The Hall–Kier alpha value is -6.94. The SMILES string of the molecule is Cc1nc(C(C)(C)c2ccc(C(C)(C)C)cc2)nc(C)c1C(=O)NC(CCN)C(=O)N(C)C1C(=O)NC(C)C(=O)NC(C(=O)NCC#N)Cc2ccc(OCCN)c(c2)-c2cc1ccc2OCCN. The first-order valence-electron chi connectivity index (χ1n) is 23.1. The molecular formula is C51H67N11O7. The lowest BCUT2D eigenvalue weighted by Gasteiger charge is -2.33. The Morgan fingerprint density at radius 3 is 1.99 bits per heavy atom. The number of carbonyl (C=O) groups is 5. The van der Waals surface area contributed by atoms with E-state index in [4.69, 9.17) is 36.6 Å². The summed E-state index contributed by atoms with van der Waals surface area (Å²) in [6, 6.07) is 15.4. The van der Waals surface area contributed by atoms with Crippen LogP contribution in [-0.4, -0.2) is 109 Å². The molecule has 1 aliphatic rings. The van der Waals surface area contributed by atoms with Crippen molar-refractivity contribution in [1.82, 2.24) is 36.1 Å². The third-order valence-corrected chi connectivity index (χ3v) is 12.1. The number of amides is 5. The van der Waals surface area contributed by atoms with Gasteiger partial charge in [-0.15, -0.1) is 0 Å². The number of aryl methyl sites for hydroxylation is 2. The van der Waals surface area contributed by atoms with Crippen molar-refractivity contribution in [1.29, 1.82) is 5.26 Å². The number of nitrogens with one attached hydrogen (secondary N) is 4. The summed E-state index contributed by atoms with van der Waals surface area (Å²) in [5.41, 5.74) is 22.2.